The molecule has 0 aliphatic rings. The molecule has 3 heterocycles. The average Bonchev–Trinajstić information content (AvgIpc) is 3.76. The third-order valence-electron chi connectivity index (χ3n) is 7.71. The minimum absolute atomic E-state index is 0.0256. The molecule has 42 heavy (non-hydrogen) atoms. The van der Waals surface area contributed by atoms with Crippen molar-refractivity contribution < 1.29 is 9.21 Å². The van der Waals surface area contributed by atoms with Gasteiger partial charge < -0.3 is 19.7 Å². The molecular weight excluding hydrogens is 565 g/mol. The summed E-state index contributed by atoms with van der Waals surface area (Å²) >= 11 is 12.4. The molecule has 4 aromatic carbocycles. The van der Waals surface area contributed by atoms with E-state index < -0.39 is 0 Å². The van der Waals surface area contributed by atoms with Crippen molar-refractivity contribution in [2.45, 2.75) is 12.3 Å². The van der Waals surface area contributed by atoms with Gasteiger partial charge in [0.05, 0.1) is 5.02 Å². The van der Waals surface area contributed by atoms with E-state index in [-0.39, 0.29) is 17.6 Å². The standard InChI is InChI=1S/C35H25Cl2N3O2/c36-22-13-14-25(29(37)18-22)33-15-16-34(42-33)35(41)40-30-10-4-1-7-21(30)17-26(27-19-38-31-11-5-2-8-23(27)31)28-20-39-32-12-6-3-9-24(28)32/h1-16,18-20,26,38-39H,17H2,(H,40,41). The van der Waals surface area contributed by atoms with Gasteiger partial charge in [0, 0.05) is 56.4 Å². The topological polar surface area (TPSA) is 73.8 Å². The summed E-state index contributed by atoms with van der Waals surface area (Å²) in [6.07, 6.45) is 4.87. The molecule has 5 nitrogen and oxygen atoms in total. The number of rotatable bonds is 7. The molecular formula is C35H25Cl2N3O2. The number of anilines is 1. The normalized spacial score (nSPS) is 11.5. The predicted molar refractivity (Wildman–Crippen MR) is 171 cm³/mol. The number of benzene rings is 4. The van der Waals surface area contributed by atoms with E-state index in [1.165, 1.54) is 21.9 Å². The summed E-state index contributed by atoms with van der Waals surface area (Å²) in [5.41, 5.74) is 7.00. The molecule has 0 aliphatic carbocycles. The van der Waals surface area contributed by atoms with Crippen LogP contribution >= 0.6 is 23.2 Å². The molecule has 0 bridgehead atoms. The van der Waals surface area contributed by atoms with Crippen LogP contribution in [0.3, 0.4) is 0 Å². The Kier molecular flexibility index (Phi) is 6.82. The number of nitrogens with one attached hydrogen (secondary N) is 3. The van der Waals surface area contributed by atoms with E-state index in [2.05, 4.69) is 70.1 Å². The van der Waals surface area contributed by atoms with Crippen molar-refractivity contribution in [3.05, 3.63) is 148 Å². The maximum absolute atomic E-state index is 13.4. The fraction of sp³-hybridized carbons (Fsp3) is 0.0571. The number of halogens is 2. The van der Waals surface area contributed by atoms with E-state index in [0.29, 0.717) is 27.8 Å². The van der Waals surface area contributed by atoms with Crippen molar-refractivity contribution in [1.29, 1.82) is 0 Å². The first-order chi connectivity index (χ1) is 20.5. The Balaban J connectivity index is 1.23. The van der Waals surface area contributed by atoms with Crippen LogP contribution in [0.5, 0.6) is 0 Å². The van der Waals surface area contributed by atoms with Gasteiger partial charge in [0.25, 0.3) is 5.91 Å². The molecule has 1 amide bonds. The van der Waals surface area contributed by atoms with Gasteiger partial charge in [-0.05, 0) is 71.6 Å². The Labute approximate surface area is 252 Å². The number of amides is 1. The van der Waals surface area contributed by atoms with E-state index in [1.807, 2.05) is 30.3 Å². The molecule has 0 fully saturated rings. The Hall–Kier alpha value is -4.71. The molecule has 0 radical (unpaired) electrons. The number of carbonyl (C=O) groups excluding carboxylic acids is 1. The van der Waals surface area contributed by atoms with Crippen molar-refractivity contribution in [2.24, 2.45) is 0 Å². The fourth-order valence-corrected chi connectivity index (χ4v) is 6.17. The summed E-state index contributed by atoms with van der Waals surface area (Å²) in [5, 5.41) is 6.43. The molecule has 7 rings (SSSR count). The fourth-order valence-electron chi connectivity index (χ4n) is 5.67. The zero-order valence-electron chi connectivity index (χ0n) is 22.3. The summed E-state index contributed by atoms with van der Waals surface area (Å²) in [6.45, 7) is 0. The molecule has 0 spiro atoms. The van der Waals surface area contributed by atoms with Crippen molar-refractivity contribution in [3.63, 3.8) is 0 Å². The zero-order chi connectivity index (χ0) is 28.6. The monoisotopic (exact) mass is 589 g/mol. The van der Waals surface area contributed by atoms with E-state index in [4.69, 9.17) is 27.6 Å². The largest absolute Gasteiger partial charge is 0.451 e. The number of aromatic amines is 2. The molecule has 3 aromatic heterocycles. The number of H-pyrrole nitrogens is 2. The number of furan rings is 1. The summed E-state index contributed by atoms with van der Waals surface area (Å²) < 4.78 is 5.91. The first kappa shape index (κ1) is 26.2. The van der Waals surface area contributed by atoms with Gasteiger partial charge in [-0.3, -0.25) is 4.79 Å². The molecule has 0 aliphatic heterocycles. The Morgan fingerprint density at radius 1 is 0.762 bits per heavy atom. The number of carbonyl (C=O) groups is 1. The highest BCUT2D eigenvalue weighted by atomic mass is 35.5. The Bertz CT molecular complexity index is 2000. The highest BCUT2D eigenvalue weighted by molar-refractivity contribution is 6.36. The van der Waals surface area contributed by atoms with Crippen LogP contribution in [-0.4, -0.2) is 15.9 Å². The minimum atomic E-state index is -0.338. The SMILES string of the molecule is O=C(Nc1ccccc1CC(c1c[nH]c2ccccc12)c1c[nH]c2ccccc12)c1ccc(-c2ccc(Cl)cc2Cl)o1. The van der Waals surface area contributed by atoms with Crippen LogP contribution in [0.15, 0.2) is 120 Å². The highest BCUT2D eigenvalue weighted by Crippen LogP contribution is 2.38. The first-order valence-electron chi connectivity index (χ1n) is 13.6. The molecule has 0 unspecified atom stereocenters. The predicted octanol–water partition coefficient (Wildman–Crippen LogP) is 9.84. The highest BCUT2D eigenvalue weighted by Gasteiger charge is 2.24. The zero-order valence-corrected chi connectivity index (χ0v) is 23.8. The second kappa shape index (κ2) is 10.9. The van der Waals surface area contributed by atoms with Crippen LogP contribution in [0.1, 0.15) is 33.2 Å². The smallest absolute Gasteiger partial charge is 0.291 e. The van der Waals surface area contributed by atoms with Gasteiger partial charge in [0.2, 0.25) is 0 Å². The van der Waals surface area contributed by atoms with Gasteiger partial charge in [-0.15, -0.1) is 0 Å². The molecule has 0 atom stereocenters. The van der Waals surface area contributed by atoms with Crippen molar-refractivity contribution in [2.75, 3.05) is 5.32 Å². The van der Waals surface area contributed by atoms with Gasteiger partial charge >= 0.3 is 0 Å². The van der Waals surface area contributed by atoms with Gasteiger partial charge in [-0.1, -0.05) is 77.8 Å². The quantitative estimate of drug-likeness (QED) is 0.173. The van der Waals surface area contributed by atoms with E-state index in [9.17, 15) is 4.79 Å². The van der Waals surface area contributed by atoms with E-state index >= 15 is 0 Å². The maximum atomic E-state index is 13.4. The number of hydrogen-bond donors (Lipinski definition) is 3. The van der Waals surface area contributed by atoms with Crippen molar-refractivity contribution in [3.8, 4) is 11.3 Å². The number of fused-ring (bicyclic) bond motifs is 2. The Morgan fingerprint density at radius 3 is 2.10 bits per heavy atom. The van der Waals surface area contributed by atoms with Crippen LogP contribution in [-0.2, 0) is 6.42 Å². The number of para-hydroxylation sites is 3. The molecule has 7 aromatic rings. The van der Waals surface area contributed by atoms with Gasteiger partial charge in [-0.25, -0.2) is 0 Å². The Morgan fingerprint density at radius 2 is 1.40 bits per heavy atom. The second-order valence-electron chi connectivity index (χ2n) is 10.2. The van der Waals surface area contributed by atoms with Crippen LogP contribution in [0.4, 0.5) is 5.69 Å². The summed E-state index contributed by atoms with van der Waals surface area (Å²) in [7, 11) is 0. The molecule has 0 saturated heterocycles. The van der Waals surface area contributed by atoms with Gasteiger partial charge in [0.1, 0.15) is 5.76 Å². The van der Waals surface area contributed by atoms with E-state index in [1.54, 1.807) is 30.3 Å². The lowest BCUT2D eigenvalue weighted by Crippen LogP contribution is -2.14. The van der Waals surface area contributed by atoms with E-state index in [0.717, 1.165) is 22.3 Å². The lowest BCUT2D eigenvalue weighted by Gasteiger charge is -2.19. The van der Waals surface area contributed by atoms with Gasteiger partial charge in [-0.2, -0.15) is 0 Å². The molecule has 7 heteroatoms. The van der Waals surface area contributed by atoms with Gasteiger partial charge in [0.15, 0.2) is 5.76 Å². The van der Waals surface area contributed by atoms with Crippen molar-refractivity contribution in [1.82, 2.24) is 9.97 Å². The third-order valence-corrected chi connectivity index (χ3v) is 8.26. The van der Waals surface area contributed by atoms with Crippen molar-refractivity contribution >= 4 is 56.6 Å². The maximum Gasteiger partial charge on any atom is 0.291 e. The van der Waals surface area contributed by atoms with Crippen LogP contribution in [0.2, 0.25) is 10.0 Å². The third kappa shape index (κ3) is 4.87. The molecule has 3 N–H and O–H groups in total. The summed E-state index contributed by atoms with van der Waals surface area (Å²) in [5.74, 6) is 0.372. The van der Waals surface area contributed by atoms with Crippen LogP contribution < -0.4 is 5.32 Å². The average molecular weight is 591 g/mol. The summed E-state index contributed by atoms with van der Waals surface area (Å²) in [6, 6.07) is 33.1. The second-order valence-corrected chi connectivity index (χ2v) is 11.1. The minimum Gasteiger partial charge on any atom is -0.451 e. The van der Waals surface area contributed by atoms with Crippen LogP contribution in [0, 0.1) is 0 Å². The lowest BCUT2D eigenvalue weighted by molar-refractivity contribution is 0.0997. The number of hydrogen-bond acceptors (Lipinski definition) is 2. The molecule has 0 saturated carbocycles. The first-order valence-corrected chi connectivity index (χ1v) is 14.4. The molecule has 206 valence electrons. The van der Waals surface area contributed by atoms with Crippen LogP contribution in [0.25, 0.3) is 33.1 Å². The lowest BCUT2D eigenvalue weighted by atomic mass is 9.85. The number of aromatic nitrogens is 2. The summed E-state index contributed by atoms with van der Waals surface area (Å²) in [4.78, 5) is 20.3.